The van der Waals surface area contributed by atoms with Crippen molar-refractivity contribution in [1.82, 2.24) is 15.0 Å². The van der Waals surface area contributed by atoms with E-state index >= 15 is 0 Å². The van der Waals surface area contributed by atoms with E-state index in [1.807, 2.05) is 30.3 Å². The molecular formula is C51H31N3O. The number of aromatic nitrogens is 3. The van der Waals surface area contributed by atoms with Crippen molar-refractivity contribution in [3.63, 3.8) is 0 Å². The second-order valence-corrected chi connectivity index (χ2v) is 13.9. The minimum Gasteiger partial charge on any atom is -0.456 e. The van der Waals surface area contributed by atoms with Crippen molar-refractivity contribution in [2.24, 2.45) is 0 Å². The van der Waals surface area contributed by atoms with Crippen molar-refractivity contribution in [1.29, 1.82) is 0 Å². The summed E-state index contributed by atoms with van der Waals surface area (Å²) in [5.41, 5.74) is 8.86. The van der Waals surface area contributed by atoms with E-state index in [2.05, 4.69) is 158 Å². The number of rotatable bonds is 5. The van der Waals surface area contributed by atoms with E-state index in [0.717, 1.165) is 66.3 Å². The molecule has 4 heteroatoms. The average Bonchev–Trinajstić information content (AvgIpc) is 3.66. The van der Waals surface area contributed by atoms with Gasteiger partial charge in [-0.2, -0.15) is 0 Å². The maximum absolute atomic E-state index is 6.51. The van der Waals surface area contributed by atoms with Crippen LogP contribution in [0.1, 0.15) is 0 Å². The Morgan fingerprint density at radius 1 is 0.273 bits per heavy atom. The molecule has 9 aromatic carbocycles. The molecule has 11 aromatic rings. The van der Waals surface area contributed by atoms with Crippen LogP contribution in [0.25, 0.3) is 111 Å². The highest BCUT2D eigenvalue weighted by Crippen LogP contribution is 2.42. The molecule has 2 heterocycles. The summed E-state index contributed by atoms with van der Waals surface area (Å²) in [6, 6.07) is 65.6. The Labute approximate surface area is 317 Å². The van der Waals surface area contributed by atoms with E-state index in [9.17, 15) is 0 Å². The van der Waals surface area contributed by atoms with E-state index in [0.29, 0.717) is 17.5 Å². The van der Waals surface area contributed by atoms with Gasteiger partial charge >= 0.3 is 0 Å². The van der Waals surface area contributed by atoms with Gasteiger partial charge in [0.25, 0.3) is 0 Å². The smallest absolute Gasteiger partial charge is 0.164 e. The molecule has 0 aliphatic heterocycles. The van der Waals surface area contributed by atoms with Crippen molar-refractivity contribution in [2.75, 3.05) is 0 Å². The fourth-order valence-corrected chi connectivity index (χ4v) is 8.15. The quantitative estimate of drug-likeness (QED) is 0.168. The van der Waals surface area contributed by atoms with Gasteiger partial charge < -0.3 is 4.42 Å². The number of benzene rings is 9. The van der Waals surface area contributed by atoms with Crippen molar-refractivity contribution in [3.8, 4) is 56.4 Å². The normalized spacial score (nSPS) is 11.6. The maximum atomic E-state index is 6.51. The van der Waals surface area contributed by atoms with Gasteiger partial charge in [0.1, 0.15) is 11.2 Å². The highest BCUT2D eigenvalue weighted by Gasteiger charge is 2.20. The summed E-state index contributed by atoms with van der Waals surface area (Å²) in [5, 5.41) is 9.29. The fraction of sp³-hybridized carbons (Fsp3) is 0. The van der Waals surface area contributed by atoms with Crippen molar-refractivity contribution in [3.05, 3.63) is 188 Å². The van der Waals surface area contributed by atoms with E-state index in [-0.39, 0.29) is 0 Å². The molecule has 4 nitrogen and oxygen atoms in total. The van der Waals surface area contributed by atoms with Gasteiger partial charge in [0.15, 0.2) is 17.5 Å². The monoisotopic (exact) mass is 701 g/mol. The second kappa shape index (κ2) is 12.6. The minimum atomic E-state index is 0.590. The molecule has 0 atom stereocenters. The van der Waals surface area contributed by atoms with Crippen LogP contribution in [0.3, 0.4) is 0 Å². The van der Waals surface area contributed by atoms with E-state index in [1.54, 1.807) is 0 Å². The molecule has 0 saturated carbocycles. The lowest BCUT2D eigenvalue weighted by Gasteiger charge is -2.13. The first-order chi connectivity index (χ1) is 27.3. The molecule has 0 fully saturated rings. The van der Waals surface area contributed by atoms with Crippen LogP contribution in [0, 0.1) is 0 Å². The Kier molecular flexibility index (Phi) is 7.14. The number of hydrogen-bond acceptors (Lipinski definition) is 4. The second-order valence-electron chi connectivity index (χ2n) is 13.9. The summed E-state index contributed by atoms with van der Waals surface area (Å²) in [6.45, 7) is 0. The molecule has 0 spiro atoms. The molecule has 0 unspecified atom stereocenters. The summed E-state index contributed by atoms with van der Waals surface area (Å²) in [7, 11) is 0. The van der Waals surface area contributed by atoms with Crippen molar-refractivity contribution in [2.45, 2.75) is 0 Å². The minimum absolute atomic E-state index is 0.590. The summed E-state index contributed by atoms with van der Waals surface area (Å²) < 4.78 is 6.51. The molecule has 0 bridgehead atoms. The molecule has 0 radical (unpaired) electrons. The maximum Gasteiger partial charge on any atom is 0.164 e. The van der Waals surface area contributed by atoms with Crippen molar-refractivity contribution < 1.29 is 4.42 Å². The summed E-state index contributed by atoms with van der Waals surface area (Å²) in [5.74, 6) is 1.81. The first-order valence-electron chi connectivity index (χ1n) is 18.5. The topological polar surface area (TPSA) is 51.8 Å². The predicted molar refractivity (Wildman–Crippen MR) is 227 cm³/mol. The number of furan rings is 1. The number of fused-ring (bicyclic) bond motifs is 9. The van der Waals surface area contributed by atoms with Gasteiger partial charge in [0.05, 0.1) is 0 Å². The lowest BCUT2D eigenvalue weighted by molar-refractivity contribution is 0.669. The third kappa shape index (κ3) is 5.19. The van der Waals surface area contributed by atoms with E-state index in [4.69, 9.17) is 19.4 Å². The Bertz CT molecular complexity index is 3210. The largest absolute Gasteiger partial charge is 0.456 e. The van der Waals surface area contributed by atoms with Crippen LogP contribution >= 0.6 is 0 Å². The summed E-state index contributed by atoms with van der Waals surface area (Å²) in [4.78, 5) is 15.7. The van der Waals surface area contributed by atoms with Gasteiger partial charge in [0, 0.05) is 27.5 Å². The van der Waals surface area contributed by atoms with Gasteiger partial charge in [0.2, 0.25) is 0 Å². The van der Waals surface area contributed by atoms with Crippen LogP contribution in [0.2, 0.25) is 0 Å². The summed E-state index contributed by atoms with van der Waals surface area (Å²) in [6.07, 6.45) is 0. The van der Waals surface area contributed by atoms with Gasteiger partial charge in [-0.15, -0.1) is 0 Å². The molecule has 0 N–H and O–H groups in total. The fourth-order valence-electron chi connectivity index (χ4n) is 8.15. The Balaban J connectivity index is 1.16. The van der Waals surface area contributed by atoms with E-state index in [1.165, 1.54) is 26.9 Å². The first kappa shape index (κ1) is 31.1. The predicted octanol–water partition coefficient (Wildman–Crippen LogP) is 13.6. The Morgan fingerprint density at radius 3 is 1.35 bits per heavy atom. The molecule has 2 aromatic heterocycles. The van der Waals surface area contributed by atoms with Crippen LogP contribution in [0.5, 0.6) is 0 Å². The van der Waals surface area contributed by atoms with Gasteiger partial charge in [-0.05, 0) is 72.8 Å². The van der Waals surface area contributed by atoms with Crippen LogP contribution in [-0.2, 0) is 0 Å². The zero-order valence-corrected chi connectivity index (χ0v) is 29.6. The molecule has 256 valence electrons. The lowest BCUT2D eigenvalue weighted by Crippen LogP contribution is -2.00. The highest BCUT2D eigenvalue weighted by atomic mass is 16.3. The zero-order chi connectivity index (χ0) is 36.3. The standard InChI is InChI=1S/C51H31N3O/c1-3-13-32(14-4-1)33-25-27-35(28-26-33)49-52-50(36-29-30-42-40-19-8-7-17-38(40)39-18-9-10-20-41(39)44(42)31-36)54-51(53-49)43-22-12-24-46-48(43)47-37(21-11-23-45(47)55-46)34-15-5-2-6-16-34/h1-31H. The molecule has 0 saturated heterocycles. The van der Waals surface area contributed by atoms with Gasteiger partial charge in [-0.1, -0.05) is 170 Å². The zero-order valence-electron chi connectivity index (χ0n) is 29.6. The van der Waals surface area contributed by atoms with Crippen molar-refractivity contribution >= 4 is 54.3 Å². The third-order valence-corrected chi connectivity index (χ3v) is 10.7. The highest BCUT2D eigenvalue weighted by molar-refractivity contribution is 6.25. The average molecular weight is 702 g/mol. The molecule has 11 rings (SSSR count). The first-order valence-corrected chi connectivity index (χ1v) is 18.5. The molecule has 0 aliphatic rings. The summed E-state index contributed by atoms with van der Waals surface area (Å²) >= 11 is 0. The number of hydrogen-bond donors (Lipinski definition) is 0. The number of nitrogens with zero attached hydrogens (tertiary/aromatic N) is 3. The Hall–Kier alpha value is -7.43. The van der Waals surface area contributed by atoms with Crippen LogP contribution < -0.4 is 0 Å². The van der Waals surface area contributed by atoms with E-state index < -0.39 is 0 Å². The third-order valence-electron chi connectivity index (χ3n) is 10.7. The molecular weight excluding hydrogens is 671 g/mol. The molecule has 0 amide bonds. The lowest BCUT2D eigenvalue weighted by atomic mass is 9.93. The van der Waals surface area contributed by atoms with Gasteiger partial charge in [-0.25, -0.2) is 15.0 Å². The van der Waals surface area contributed by atoms with Crippen LogP contribution in [-0.4, -0.2) is 15.0 Å². The van der Waals surface area contributed by atoms with Crippen LogP contribution in [0.4, 0.5) is 0 Å². The molecule has 0 aliphatic carbocycles. The Morgan fingerprint density at radius 2 is 0.709 bits per heavy atom. The molecule has 55 heavy (non-hydrogen) atoms. The van der Waals surface area contributed by atoms with Crippen LogP contribution in [0.15, 0.2) is 192 Å². The van der Waals surface area contributed by atoms with Gasteiger partial charge in [-0.3, -0.25) is 0 Å². The SMILES string of the molecule is c1ccc(-c2ccc(-c3nc(-c4ccc5c6ccccc6c6ccccc6c5c4)nc(-c4cccc5oc6cccc(-c7ccccc7)c6c45)n3)cc2)cc1.